The van der Waals surface area contributed by atoms with Crippen LogP contribution in [0.1, 0.15) is 17.8 Å². The van der Waals surface area contributed by atoms with Gasteiger partial charge in [0.1, 0.15) is 5.78 Å². The lowest BCUT2D eigenvalue weighted by molar-refractivity contribution is -0.121. The number of nitrogens with zero attached hydrogens (tertiary/aromatic N) is 2. The van der Waals surface area contributed by atoms with E-state index in [1.807, 2.05) is 36.5 Å². The molecule has 0 aromatic carbocycles. The fourth-order valence-electron chi connectivity index (χ4n) is 1.94. The monoisotopic (exact) mass is 224 g/mol. The van der Waals surface area contributed by atoms with Crippen LogP contribution in [0.25, 0.3) is 0 Å². The van der Waals surface area contributed by atoms with Crippen molar-refractivity contribution in [2.45, 2.75) is 19.8 Å². The van der Waals surface area contributed by atoms with Gasteiger partial charge in [0.05, 0.1) is 5.69 Å². The Labute approximate surface area is 94.2 Å². The van der Waals surface area contributed by atoms with Gasteiger partial charge in [-0.05, 0) is 25.2 Å². The molecule has 0 radical (unpaired) electrons. The summed E-state index contributed by atoms with van der Waals surface area (Å²) in [6, 6.07) is 2.00. The summed E-state index contributed by atoms with van der Waals surface area (Å²) in [5, 5.41) is 4.25. The molecule has 1 aliphatic heterocycles. The predicted molar refractivity (Wildman–Crippen MR) is 62.1 cm³/mol. The molecule has 0 spiro atoms. The van der Waals surface area contributed by atoms with Crippen LogP contribution in [-0.4, -0.2) is 27.1 Å². The standard InChI is InChI=1S/C11H16N2OS/c1-8-5-10(13(2)12-8)6-11(14)9-3-4-15-7-9/h5,9H,3-4,6-7H2,1-2H3. The molecule has 1 unspecified atom stereocenters. The maximum Gasteiger partial charge on any atom is 0.142 e. The highest BCUT2D eigenvalue weighted by molar-refractivity contribution is 7.99. The van der Waals surface area contributed by atoms with Crippen LogP contribution in [0.4, 0.5) is 0 Å². The van der Waals surface area contributed by atoms with Gasteiger partial charge in [-0.3, -0.25) is 9.48 Å². The predicted octanol–water partition coefficient (Wildman–Crippen LogP) is 1.59. The van der Waals surface area contributed by atoms with Gasteiger partial charge in [-0.25, -0.2) is 0 Å². The molecule has 1 aromatic heterocycles. The van der Waals surface area contributed by atoms with E-state index in [1.54, 1.807) is 0 Å². The highest BCUT2D eigenvalue weighted by Crippen LogP contribution is 2.25. The maximum atomic E-state index is 11.9. The molecule has 1 saturated heterocycles. The van der Waals surface area contributed by atoms with Crippen LogP contribution in [0.5, 0.6) is 0 Å². The van der Waals surface area contributed by atoms with E-state index in [-0.39, 0.29) is 5.92 Å². The van der Waals surface area contributed by atoms with Crippen LogP contribution in [0.2, 0.25) is 0 Å². The van der Waals surface area contributed by atoms with Crippen LogP contribution < -0.4 is 0 Å². The van der Waals surface area contributed by atoms with Crippen LogP contribution >= 0.6 is 11.8 Å². The molecule has 4 heteroatoms. The first-order chi connectivity index (χ1) is 7.16. The molecule has 0 N–H and O–H groups in total. The van der Waals surface area contributed by atoms with E-state index in [1.165, 1.54) is 0 Å². The van der Waals surface area contributed by atoms with Crippen molar-refractivity contribution in [3.8, 4) is 0 Å². The van der Waals surface area contributed by atoms with E-state index in [4.69, 9.17) is 0 Å². The van der Waals surface area contributed by atoms with Gasteiger partial charge in [0.15, 0.2) is 0 Å². The molecule has 1 aliphatic rings. The van der Waals surface area contributed by atoms with Gasteiger partial charge in [-0.1, -0.05) is 0 Å². The summed E-state index contributed by atoms with van der Waals surface area (Å²) in [7, 11) is 1.90. The molecule has 0 amide bonds. The smallest absolute Gasteiger partial charge is 0.142 e. The number of carbonyl (C=O) groups excluding carboxylic acids is 1. The summed E-state index contributed by atoms with van der Waals surface area (Å²) in [4.78, 5) is 11.9. The number of hydrogen-bond acceptors (Lipinski definition) is 3. The van der Waals surface area contributed by atoms with Gasteiger partial charge in [0.25, 0.3) is 0 Å². The largest absolute Gasteiger partial charge is 0.299 e. The Morgan fingerprint density at radius 3 is 3.07 bits per heavy atom. The van der Waals surface area contributed by atoms with Crippen molar-refractivity contribution in [2.24, 2.45) is 13.0 Å². The third-order valence-corrected chi connectivity index (χ3v) is 4.00. The molecule has 2 heterocycles. The average Bonchev–Trinajstić information content (AvgIpc) is 2.76. The molecule has 1 aromatic rings. The van der Waals surface area contributed by atoms with Crippen LogP contribution in [0, 0.1) is 12.8 Å². The Morgan fingerprint density at radius 1 is 1.73 bits per heavy atom. The lowest BCUT2D eigenvalue weighted by Gasteiger charge is -2.06. The quantitative estimate of drug-likeness (QED) is 0.782. The summed E-state index contributed by atoms with van der Waals surface area (Å²) in [5.74, 6) is 2.81. The summed E-state index contributed by atoms with van der Waals surface area (Å²) in [6.45, 7) is 1.96. The summed E-state index contributed by atoms with van der Waals surface area (Å²) < 4.78 is 1.81. The number of hydrogen-bond donors (Lipinski definition) is 0. The van der Waals surface area contributed by atoms with E-state index in [2.05, 4.69) is 5.10 Å². The average molecular weight is 224 g/mol. The van der Waals surface area contributed by atoms with Crippen molar-refractivity contribution in [2.75, 3.05) is 11.5 Å². The van der Waals surface area contributed by atoms with Gasteiger partial charge >= 0.3 is 0 Å². The van der Waals surface area contributed by atoms with E-state index < -0.39 is 0 Å². The second-order valence-electron chi connectivity index (χ2n) is 4.10. The maximum absolute atomic E-state index is 11.9. The van der Waals surface area contributed by atoms with Gasteiger partial charge in [0, 0.05) is 30.8 Å². The SMILES string of the molecule is Cc1cc(CC(=O)C2CCSC2)n(C)n1. The zero-order valence-corrected chi connectivity index (χ0v) is 10.0. The molecule has 1 atom stereocenters. The first-order valence-electron chi connectivity index (χ1n) is 5.27. The Hall–Kier alpha value is -0.770. The van der Waals surface area contributed by atoms with Crippen LogP contribution in [-0.2, 0) is 18.3 Å². The molecule has 0 aliphatic carbocycles. The van der Waals surface area contributed by atoms with Crippen LogP contribution in [0.15, 0.2) is 6.07 Å². The number of carbonyl (C=O) groups is 1. The zero-order valence-electron chi connectivity index (χ0n) is 9.19. The third-order valence-electron chi connectivity index (χ3n) is 2.84. The third kappa shape index (κ3) is 2.43. The Balaban J connectivity index is 2.01. The molecule has 82 valence electrons. The summed E-state index contributed by atoms with van der Waals surface area (Å²) in [5.41, 5.74) is 2.02. The second-order valence-corrected chi connectivity index (χ2v) is 5.25. The van der Waals surface area contributed by atoms with E-state index >= 15 is 0 Å². The van der Waals surface area contributed by atoms with Crippen molar-refractivity contribution in [3.63, 3.8) is 0 Å². The molecular weight excluding hydrogens is 208 g/mol. The first kappa shape index (κ1) is 10.7. The normalized spacial score (nSPS) is 20.8. The Morgan fingerprint density at radius 2 is 2.53 bits per heavy atom. The highest BCUT2D eigenvalue weighted by atomic mass is 32.2. The molecule has 1 fully saturated rings. The molecule has 2 rings (SSSR count). The molecule has 0 saturated carbocycles. The number of Topliss-reactive ketones (excluding diaryl/α,β-unsaturated/α-hetero) is 1. The summed E-state index contributed by atoms with van der Waals surface area (Å²) in [6.07, 6.45) is 1.60. The molecule has 15 heavy (non-hydrogen) atoms. The van der Waals surface area contributed by atoms with Gasteiger partial charge < -0.3 is 0 Å². The van der Waals surface area contributed by atoms with Crippen molar-refractivity contribution in [1.29, 1.82) is 0 Å². The number of aromatic nitrogens is 2. The highest BCUT2D eigenvalue weighted by Gasteiger charge is 2.23. The van der Waals surface area contributed by atoms with E-state index in [0.29, 0.717) is 12.2 Å². The first-order valence-corrected chi connectivity index (χ1v) is 6.42. The minimum atomic E-state index is 0.283. The van der Waals surface area contributed by atoms with E-state index in [0.717, 1.165) is 29.3 Å². The number of ketones is 1. The van der Waals surface area contributed by atoms with Crippen molar-refractivity contribution >= 4 is 17.5 Å². The molecular formula is C11H16N2OS. The van der Waals surface area contributed by atoms with Crippen molar-refractivity contribution in [3.05, 3.63) is 17.5 Å². The van der Waals surface area contributed by atoms with Gasteiger partial charge in [-0.2, -0.15) is 16.9 Å². The van der Waals surface area contributed by atoms with E-state index in [9.17, 15) is 4.79 Å². The second kappa shape index (κ2) is 4.39. The van der Waals surface area contributed by atoms with Gasteiger partial charge in [0.2, 0.25) is 0 Å². The molecule has 3 nitrogen and oxygen atoms in total. The molecule has 0 bridgehead atoms. The lowest BCUT2D eigenvalue weighted by atomic mass is 10.00. The Kier molecular flexibility index (Phi) is 3.14. The topological polar surface area (TPSA) is 34.9 Å². The fraction of sp³-hybridized carbons (Fsp3) is 0.636. The van der Waals surface area contributed by atoms with Gasteiger partial charge in [-0.15, -0.1) is 0 Å². The minimum Gasteiger partial charge on any atom is -0.299 e. The van der Waals surface area contributed by atoms with Crippen molar-refractivity contribution in [1.82, 2.24) is 9.78 Å². The Bertz CT molecular complexity index is 367. The zero-order chi connectivity index (χ0) is 10.8. The lowest BCUT2D eigenvalue weighted by Crippen LogP contribution is -2.17. The summed E-state index contributed by atoms with van der Waals surface area (Å²) >= 11 is 1.89. The number of aryl methyl sites for hydroxylation is 2. The number of thioether (sulfide) groups is 1. The van der Waals surface area contributed by atoms with Crippen LogP contribution in [0.3, 0.4) is 0 Å². The number of rotatable bonds is 3. The minimum absolute atomic E-state index is 0.283. The van der Waals surface area contributed by atoms with Crippen molar-refractivity contribution < 1.29 is 4.79 Å². The fourth-order valence-corrected chi connectivity index (χ4v) is 3.20.